The summed E-state index contributed by atoms with van der Waals surface area (Å²) in [5.74, 6) is 0.226. The Morgan fingerprint density at radius 2 is 1.86 bits per heavy atom. The van der Waals surface area contributed by atoms with E-state index in [0.29, 0.717) is 12.2 Å². The summed E-state index contributed by atoms with van der Waals surface area (Å²) in [6, 6.07) is 14.6. The predicted molar refractivity (Wildman–Crippen MR) is 78.1 cm³/mol. The molecular formula is C17H18O4. The average Bonchev–Trinajstić information content (AvgIpc) is 2.97. The molecule has 1 saturated heterocycles. The lowest BCUT2D eigenvalue weighted by Crippen LogP contribution is -2.09. The third-order valence-electron chi connectivity index (χ3n) is 3.62. The lowest BCUT2D eigenvalue weighted by atomic mass is 10.1. The van der Waals surface area contributed by atoms with Gasteiger partial charge in [-0.25, -0.2) is 0 Å². The number of hydrogen-bond acceptors (Lipinski definition) is 4. The first kappa shape index (κ1) is 13.9. The zero-order chi connectivity index (χ0) is 14.7. The van der Waals surface area contributed by atoms with E-state index in [0.717, 1.165) is 12.8 Å². The van der Waals surface area contributed by atoms with Gasteiger partial charge in [-0.3, -0.25) is 0 Å². The second-order valence-electron chi connectivity index (χ2n) is 5.16. The predicted octanol–water partition coefficient (Wildman–Crippen LogP) is 3.14. The topological polar surface area (TPSA) is 58.9 Å². The molecule has 3 rings (SSSR count). The smallest absolute Gasteiger partial charge is 0.158 e. The van der Waals surface area contributed by atoms with Gasteiger partial charge in [0.2, 0.25) is 0 Å². The molecule has 0 amide bonds. The van der Waals surface area contributed by atoms with E-state index in [1.54, 1.807) is 0 Å². The Morgan fingerprint density at radius 3 is 2.67 bits per heavy atom. The standard InChI is InChI=1S/C17H18O4/c18-13-7-8-15(19)14(10-13)16-11-20-17(21-16)9-6-12-4-2-1-3-5-12/h1-5,7-8,10,16-19H,6,9,11H2. The maximum atomic E-state index is 9.84. The van der Waals surface area contributed by atoms with Gasteiger partial charge in [-0.2, -0.15) is 0 Å². The fourth-order valence-electron chi connectivity index (χ4n) is 2.50. The monoisotopic (exact) mass is 286 g/mol. The van der Waals surface area contributed by atoms with Crippen molar-refractivity contribution in [1.29, 1.82) is 0 Å². The molecule has 1 heterocycles. The molecule has 2 aromatic rings. The number of ether oxygens (including phenoxy) is 2. The van der Waals surface area contributed by atoms with Crippen LogP contribution < -0.4 is 0 Å². The van der Waals surface area contributed by atoms with Gasteiger partial charge in [0.15, 0.2) is 6.29 Å². The fourth-order valence-corrected chi connectivity index (χ4v) is 2.50. The number of benzene rings is 2. The van der Waals surface area contributed by atoms with Gasteiger partial charge >= 0.3 is 0 Å². The number of phenols is 2. The second kappa shape index (κ2) is 6.16. The number of aromatic hydroxyl groups is 2. The van der Waals surface area contributed by atoms with Crippen LogP contribution in [-0.2, 0) is 15.9 Å². The lowest BCUT2D eigenvalue weighted by Gasteiger charge is -2.13. The maximum absolute atomic E-state index is 9.84. The highest BCUT2D eigenvalue weighted by Gasteiger charge is 2.29. The van der Waals surface area contributed by atoms with Crippen LogP contribution in [-0.4, -0.2) is 23.1 Å². The van der Waals surface area contributed by atoms with Crippen LogP contribution in [0.5, 0.6) is 11.5 Å². The van der Waals surface area contributed by atoms with E-state index in [1.807, 2.05) is 18.2 Å². The second-order valence-corrected chi connectivity index (χ2v) is 5.16. The van der Waals surface area contributed by atoms with Crippen LogP contribution in [0.15, 0.2) is 48.5 Å². The normalized spacial score (nSPS) is 21.5. The minimum Gasteiger partial charge on any atom is -0.508 e. The molecule has 1 aliphatic heterocycles. The van der Waals surface area contributed by atoms with E-state index >= 15 is 0 Å². The van der Waals surface area contributed by atoms with E-state index < -0.39 is 0 Å². The van der Waals surface area contributed by atoms with Gasteiger partial charge in [-0.15, -0.1) is 0 Å². The van der Waals surface area contributed by atoms with Crippen molar-refractivity contribution in [3.63, 3.8) is 0 Å². The molecule has 0 radical (unpaired) electrons. The summed E-state index contributed by atoms with van der Waals surface area (Å²) in [5, 5.41) is 19.4. The Kier molecular flexibility index (Phi) is 4.08. The summed E-state index contributed by atoms with van der Waals surface area (Å²) in [6.45, 7) is 0.385. The summed E-state index contributed by atoms with van der Waals surface area (Å²) < 4.78 is 11.4. The Bertz CT molecular complexity index is 597. The van der Waals surface area contributed by atoms with Gasteiger partial charge < -0.3 is 19.7 Å². The molecule has 2 aromatic carbocycles. The quantitative estimate of drug-likeness (QED) is 0.848. The van der Waals surface area contributed by atoms with E-state index in [4.69, 9.17) is 9.47 Å². The first-order chi connectivity index (χ1) is 10.2. The third-order valence-corrected chi connectivity index (χ3v) is 3.62. The molecular weight excluding hydrogens is 268 g/mol. The first-order valence-corrected chi connectivity index (χ1v) is 7.05. The van der Waals surface area contributed by atoms with Crippen LogP contribution in [0.2, 0.25) is 0 Å². The maximum Gasteiger partial charge on any atom is 0.158 e. The third kappa shape index (κ3) is 3.35. The van der Waals surface area contributed by atoms with Gasteiger partial charge in [0.1, 0.15) is 17.6 Å². The zero-order valence-electron chi connectivity index (χ0n) is 11.6. The first-order valence-electron chi connectivity index (χ1n) is 7.05. The minimum atomic E-state index is -0.335. The fraction of sp³-hybridized carbons (Fsp3) is 0.294. The van der Waals surface area contributed by atoms with Crippen LogP contribution in [0.3, 0.4) is 0 Å². The molecule has 0 saturated carbocycles. The van der Waals surface area contributed by atoms with E-state index in [1.165, 1.54) is 23.8 Å². The highest BCUT2D eigenvalue weighted by molar-refractivity contribution is 5.40. The van der Waals surface area contributed by atoms with Crippen LogP contribution in [0.1, 0.15) is 23.7 Å². The Labute approximate surface area is 123 Å². The van der Waals surface area contributed by atoms with E-state index in [2.05, 4.69) is 12.1 Å². The SMILES string of the molecule is Oc1ccc(O)c(C2COC(CCc3ccccc3)O2)c1. The van der Waals surface area contributed by atoms with Crippen molar-refractivity contribution in [2.24, 2.45) is 0 Å². The van der Waals surface area contributed by atoms with E-state index in [9.17, 15) is 10.2 Å². The van der Waals surface area contributed by atoms with Gasteiger partial charge in [0, 0.05) is 12.0 Å². The molecule has 0 bridgehead atoms. The molecule has 1 fully saturated rings. The summed E-state index contributed by atoms with van der Waals surface area (Å²) in [6.07, 6.45) is 1.03. The summed E-state index contributed by atoms with van der Waals surface area (Å²) >= 11 is 0. The van der Waals surface area contributed by atoms with Crippen molar-refractivity contribution >= 4 is 0 Å². The summed E-state index contributed by atoms with van der Waals surface area (Å²) in [4.78, 5) is 0. The molecule has 0 aliphatic carbocycles. The van der Waals surface area contributed by atoms with Gasteiger partial charge in [-0.1, -0.05) is 30.3 Å². The molecule has 2 unspecified atom stereocenters. The van der Waals surface area contributed by atoms with Crippen LogP contribution in [0.25, 0.3) is 0 Å². The number of rotatable bonds is 4. The number of hydrogen-bond donors (Lipinski definition) is 2. The highest BCUT2D eigenvalue weighted by atomic mass is 16.7. The minimum absolute atomic E-state index is 0.110. The largest absolute Gasteiger partial charge is 0.508 e. The molecule has 0 aromatic heterocycles. The molecule has 2 N–H and O–H groups in total. The molecule has 21 heavy (non-hydrogen) atoms. The van der Waals surface area contributed by atoms with Crippen molar-refractivity contribution in [2.45, 2.75) is 25.2 Å². The number of aryl methyl sites for hydroxylation is 1. The van der Waals surface area contributed by atoms with Crippen molar-refractivity contribution in [3.8, 4) is 11.5 Å². The van der Waals surface area contributed by atoms with Gasteiger partial charge in [-0.05, 0) is 30.2 Å². The summed E-state index contributed by atoms with van der Waals surface area (Å²) in [5.41, 5.74) is 1.81. The zero-order valence-corrected chi connectivity index (χ0v) is 11.6. The van der Waals surface area contributed by atoms with E-state index in [-0.39, 0.29) is 23.9 Å². The Hall–Kier alpha value is -2.04. The van der Waals surface area contributed by atoms with Crippen LogP contribution in [0, 0.1) is 0 Å². The molecule has 110 valence electrons. The van der Waals surface area contributed by atoms with Gasteiger partial charge in [0.25, 0.3) is 0 Å². The van der Waals surface area contributed by atoms with Gasteiger partial charge in [0.05, 0.1) is 6.61 Å². The average molecular weight is 286 g/mol. The lowest BCUT2D eigenvalue weighted by molar-refractivity contribution is -0.0623. The van der Waals surface area contributed by atoms with Crippen molar-refractivity contribution < 1.29 is 19.7 Å². The molecule has 0 spiro atoms. The molecule has 4 heteroatoms. The van der Waals surface area contributed by atoms with Crippen molar-refractivity contribution in [3.05, 3.63) is 59.7 Å². The Balaban J connectivity index is 1.59. The summed E-state index contributed by atoms with van der Waals surface area (Å²) in [7, 11) is 0. The van der Waals surface area contributed by atoms with Crippen LogP contribution >= 0.6 is 0 Å². The molecule has 1 aliphatic rings. The Morgan fingerprint density at radius 1 is 1.05 bits per heavy atom. The molecule has 4 nitrogen and oxygen atoms in total. The molecule has 2 atom stereocenters. The van der Waals surface area contributed by atoms with Crippen molar-refractivity contribution in [2.75, 3.05) is 6.61 Å². The van der Waals surface area contributed by atoms with Crippen LogP contribution in [0.4, 0.5) is 0 Å². The van der Waals surface area contributed by atoms with Crippen molar-refractivity contribution in [1.82, 2.24) is 0 Å². The number of phenolic OH excluding ortho intramolecular Hbond substituents is 2. The highest BCUT2D eigenvalue weighted by Crippen LogP contribution is 2.35.